The lowest BCUT2D eigenvalue weighted by Crippen LogP contribution is -2.30. The number of hydrogen-bond acceptors (Lipinski definition) is 4. The average molecular weight is 236 g/mol. The van der Waals surface area contributed by atoms with Gasteiger partial charge in [-0.15, -0.1) is 0 Å². The molecule has 1 fully saturated rings. The largest absolute Gasteiger partial charge is 0.346 e. The Bertz CT molecular complexity index is 437. The Labute approximate surface area is 98.8 Å². The summed E-state index contributed by atoms with van der Waals surface area (Å²) in [5, 5.41) is 5.93. The van der Waals surface area contributed by atoms with Crippen LogP contribution in [0, 0.1) is 5.92 Å². The molecule has 2 rings (SSSR count). The molecule has 1 aliphatic heterocycles. The van der Waals surface area contributed by atoms with Crippen molar-refractivity contribution in [2.45, 2.75) is 19.3 Å². The van der Waals surface area contributed by atoms with E-state index in [1.165, 1.54) is 6.20 Å². The summed E-state index contributed by atoms with van der Waals surface area (Å²) in [5.41, 5.74) is -0.454. The average Bonchev–Trinajstić information content (AvgIpc) is 2.30. The molecular weight excluding hydrogens is 220 g/mol. The Morgan fingerprint density at radius 3 is 2.94 bits per heavy atom. The molecule has 6 heteroatoms. The highest BCUT2D eigenvalue weighted by Crippen LogP contribution is 2.16. The fourth-order valence-corrected chi connectivity index (χ4v) is 1.99. The molecular formula is C11H16N4O2. The van der Waals surface area contributed by atoms with E-state index in [0.29, 0.717) is 18.2 Å². The molecule has 3 N–H and O–H groups in total. The van der Waals surface area contributed by atoms with Crippen molar-refractivity contribution in [3.05, 3.63) is 22.7 Å². The quantitative estimate of drug-likeness (QED) is 0.694. The molecule has 1 saturated heterocycles. The molecule has 17 heavy (non-hydrogen) atoms. The number of anilines is 1. The fraction of sp³-hybridized carbons (Fsp3) is 0.545. The van der Waals surface area contributed by atoms with Gasteiger partial charge in [-0.05, 0) is 37.9 Å². The molecule has 0 atom stereocenters. The van der Waals surface area contributed by atoms with E-state index in [1.807, 2.05) is 0 Å². The number of rotatable bonds is 3. The summed E-state index contributed by atoms with van der Waals surface area (Å²) in [6, 6.07) is 1.57. The van der Waals surface area contributed by atoms with Gasteiger partial charge in [-0.2, -0.15) is 0 Å². The molecule has 1 aromatic rings. The molecule has 0 spiro atoms. The van der Waals surface area contributed by atoms with Crippen molar-refractivity contribution in [1.82, 2.24) is 15.3 Å². The van der Waals surface area contributed by atoms with Crippen LogP contribution in [-0.2, 0) is 4.79 Å². The lowest BCUT2D eigenvalue weighted by Gasteiger charge is -2.21. The summed E-state index contributed by atoms with van der Waals surface area (Å²) >= 11 is 0. The SMILES string of the molecule is O=C(CC1CCNCC1)Nc1ccnc(=O)[nH]1. The number of aromatic nitrogens is 2. The Kier molecular flexibility index (Phi) is 3.87. The predicted octanol–water partition coefficient (Wildman–Crippen LogP) is 0.0981. The van der Waals surface area contributed by atoms with E-state index < -0.39 is 5.69 Å². The second-order valence-corrected chi connectivity index (χ2v) is 4.23. The summed E-state index contributed by atoms with van der Waals surface area (Å²) in [5.74, 6) is 0.785. The number of piperidine rings is 1. The first-order chi connectivity index (χ1) is 8.24. The van der Waals surface area contributed by atoms with Crippen LogP contribution < -0.4 is 16.3 Å². The van der Waals surface area contributed by atoms with Gasteiger partial charge in [0.15, 0.2) is 0 Å². The molecule has 6 nitrogen and oxygen atoms in total. The molecule has 0 radical (unpaired) electrons. The van der Waals surface area contributed by atoms with Crippen molar-refractivity contribution in [3.8, 4) is 0 Å². The molecule has 1 aromatic heterocycles. The highest BCUT2D eigenvalue weighted by atomic mass is 16.2. The van der Waals surface area contributed by atoms with E-state index in [4.69, 9.17) is 0 Å². The first-order valence-electron chi connectivity index (χ1n) is 5.80. The van der Waals surface area contributed by atoms with Crippen LogP contribution in [0.25, 0.3) is 0 Å². The third-order valence-electron chi connectivity index (χ3n) is 2.88. The molecule has 0 aliphatic carbocycles. The second kappa shape index (κ2) is 5.58. The van der Waals surface area contributed by atoms with Crippen molar-refractivity contribution in [2.75, 3.05) is 18.4 Å². The highest BCUT2D eigenvalue weighted by molar-refractivity contribution is 5.89. The van der Waals surface area contributed by atoms with Gasteiger partial charge in [0.1, 0.15) is 5.82 Å². The van der Waals surface area contributed by atoms with Crippen LogP contribution >= 0.6 is 0 Å². The van der Waals surface area contributed by atoms with Gasteiger partial charge in [0, 0.05) is 12.6 Å². The van der Waals surface area contributed by atoms with Crippen LogP contribution in [0.3, 0.4) is 0 Å². The number of carbonyl (C=O) groups is 1. The monoisotopic (exact) mass is 236 g/mol. The van der Waals surface area contributed by atoms with Crippen molar-refractivity contribution >= 4 is 11.7 Å². The van der Waals surface area contributed by atoms with E-state index in [-0.39, 0.29) is 5.91 Å². The summed E-state index contributed by atoms with van der Waals surface area (Å²) < 4.78 is 0. The maximum absolute atomic E-state index is 11.7. The minimum Gasteiger partial charge on any atom is -0.317 e. The Balaban J connectivity index is 1.86. The fourth-order valence-electron chi connectivity index (χ4n) is 1.99. The van der Waals surface area contributed by atoms with Crippen molar-refractivity contribution in [1.29, 1.82) is 0 Å². The second-order valence-electron chi connectivity index (χ2n) is 4.23. The predicted molar refractivity (Wildman–Crippen MR) is 63.7 cm³/mol. The molecule has 0 unspecified atom stereocenters. The normalized spacial score (nSPS) is 16.7. The van der Waals surface area contributed by atoms with E-state index in [2.05, 4.69) is 20.6 Å². The number of H-pyrrole nitrogens is 1. The van der Waals surface area contributed by atoms with Gasteiger partial charge in [0.05, 0.1) is 0 Å². The Morgan fingerprint density at radius 1 is 1.47 bits per heavy atom. The molecule has 1 aliphatic rings. The lowest BCUT2D eigenvalue weighted by molar-refractivity contribution is -0.117. The topological polar surface area (TPSA) is 86.9 Å². The van der Waals surface area contributed by atoms with Gasteiger partial charge in [-0.25, -0.2) is 9.78 Å². The number of carbonyl (C=O) groups excluding carboxylic acids is 1. The van der Waals surface area contributed by atoms with E-state index >= 15 is 0 Å². The number of amides is 1. The molecule has 92 valence electrons. The standard InChI is InChI=1S/C11H16N4O2/c16-10(7-8-1-4-12-5-2-8)14-9-3-6-13-11(17)15-9/h3,6,8,12H,1-2,4-5,7H2,(H2,13,14,15,16,17). The molecule has 1 amide bonds. The van der Waals surface area contributed by atoms with E-state index in [9.17, 15) is 9.59 Å². The van der Waals surface area contributed by atoms with Crippen molar-refractivity contribution < 1.29 is 4.79 Å². The van der Waals surface area contributed by atoms with Crippen molar-refractivity contribution in [3.63, 3.8) is 0 Å². The van der Waals surface area contributed by atoms with Crippen LogP contribution in [-0.4, -0.2) is 29.0 Å². The summed E-state index contributed by atoms with van der Waals surface area (Å²) in [6.45, 7) is 1.95. The van der Waals surface area contributed by atoms with Crippen LogP contribution in [0.1, 0.15) is 19.3 Å². The summed E-state index contributed by atoms with van der Waals surface area (Å²) in [6.07, 6.45) is 3.94. The molecule has 0 bridgehead atoms. The number of nitrogens with zero attached hydrogens (tertiary/aromatic N) is 1. The zero-order chi connectivity index (χ0) is 12.1. The maximum atomic E-state index is 11.7. The highest BCUT2D eigenvalue weighted by Gasteiger charge is 2.16. The van der Waals surface area contributed by atoms with Gasteiger partial charge < -0.3 is 10.6 Å². The summed E-state index contributed by atoms with van der Waals surface area (Å²) in [4.78, 5) is 28.6. The third kappa shape index (κ3) is 3.67. The molecule has 0 saturated carbocycles. The Morgan fingerprint density at radius 2 is 2.24 bits per heavy atom. The minimum atomic E-state index is -0.454. The number of hydrogen-bond donors (Lipinski definition) is 3. The lowest BCUT2D eigenvalue weighted by atomic mass is 9.94. The van der Waals surface area contributed by atoms with Gasteiger partial charge >= 0.3 is 5.69 Å². The number of nitrogens with one attached hydrogen (secondary N) is 3. The van der Waals surface area contributed by atoms with E-state index in [1.54, 1.807) is 6.07 Å². The summed E-state index contributed by atoms with van der Waals surface area (Å²) in [7, 11) is 0. The first-order valence-corrected chi connectivity index (χ1v) is 5.80. The third-order valence-corrected chi connectivity index (χ3v) is 2.88. The van der Waals surface area contributed by atoms with Crippen molar-refractivity contribution in [2.24, 2.45) is 5.92 Å². The first kappa shape index (κ1) is 11.8. The maximum Gasteiger partial charge on any atom is 0.346 e. The zero-order valence-corrected chi connectivity index (χ0v) is 9.53. The van der Waals surface area contributed by atoms with E-state index in [0.717, 1.165) is 25.9 Å². The smallest absolute Gasteiger partial charge is 0.317 e. The Hall–Kier alpha value is -1.69. The zero-order valence-electron chi connectivity index (χ0n) is 9.53. The van der Waals surface area contributed by atoms with Crippen LogP contribution in [0.15, 0.2) is 17.1 Å². The van der Waals surface area contributed by atoms with Gasteiger partial charge in [0.25, 0.3) is 0 Å². The molecule has 2 heterocycles. The number of aromatic amines is 1. The minimum absolute atomic E-state index is 0.0567. The van der Waals surface area contributed by atoms with Gasteiger partial charge in [-0.3, -0.25) is 9.78 Å². The van der Waals surface area contributed by atoms with Gasteiger partial charge in [0.2, 0.25) is 5.91 Å². The molecule has 0 aromatic carbocycles. The van der Waals surface area contributed by atoms with Crippen LogP contribution in [0.2, 0.25) is 0 Å². The van der Waals surface area contributed by atoms with Gasteiger partial charge in [-0.1, -0.05) is 0 Å². The van der Waals surface area contributed by atoms with Crippen LogP contribution in [0.5, 0.6) is 0 Å². The van der Waals surface area contributed by atoms with Crippen LogP contribution in [0.4, 0.5) is 5.82 Å².